The maximum atomic E-state index is 11.0. The smallest absolute Gasteiger partial charge is 0.148 e. The van der Waals surface area contributed by atoms with Crippen molar-refractivity contribution >= 4 is 9.84 Å². The van der Waals surface area contributed by atoms with E-state index in [1.165, 1.54) is 6.26 Å². The fourth-order valence-corrected chi connectivity index (χ4v) is 2.70. The monoisotopic (exact) mass is 303 g/mol. The van der Waals surface area contributed by atoms with E-state index < -0.39 is 15.9 Å². The van der Waals surface area contributed by atoms with Crippen molar-refractivity contribution in [2.45, 2.75) is 25.0 Å². The number of rotatable bonds is 6. The Morgan fingerprint density at radius 3 is 2.90 bits per heavy atom. The fourth-order valence-electron chi connectivity index (χ4n) is 2.19. The molecule has 0 amide bonds. The van der Waals surface area contributed by atoms with E-state index >= 15 is 0 Å². The molecule has 1 aliphatic rings. The molecule has 0 aromatic carbocycles. The van der Waals surface area contributed by atoms with Gasteiger partial charge in [-0.2, -0.15) is 0 Å². The second-order valence-corrected chi connectivity index (χ2v) is 7.49. The number of aliphatic hydroxyl groups excluding tert-OH is 1. The van der Waals surface area contributed by atoms with Gasteiger partial charge in [0.15, 0.2) is 0 Å². The zero-order chi connectivity index (χ0) is 14.6. The molecule has 6 nitrogen and oxygen atoms in total. The van der Waals surface area contributed by atoms with Crippen molar-refractivity contribution in [3.05, 3.63) is 23.7 Å². The summed E-state index contributed by atoms with van der Waals surface area (Å²) in [5, 5.41) is 12.6. The summed E-state index contributed by atoms with van der Waals surface area (Å²) in [5.41, 5.74) is 0. The molecule has 0 saturated carbocycles. The first-order chi connectivity index (χ1) is 9.44. The highest BCUT2D eigenvalue weighted by Crippen LogP contribution is 2.27. The number of sulfone groups is 1. The summed E-state index contributed by atoms with van der Waals surface area (Å²) in [4.78, 5) is 0. The van der Waals surface area contributed by atoms with Crippen LogP contribution in [-0.2, 0) is 21.1 Å². The molecule has 1 aliphatic heterocycles. The summed E-state index contributed by atoms with van der Waals surface area (Å²) < 4.78 is 33.0. The largest absolute Gasteiger partial charge is 0.464 e. The second-order valence-electron chi connectivity index (χ2n) is 5.23. The minimum Gasteiger partial charge on any atom is -0.464 e. The van der Waals surface area contributed by atoms with Crippen LogP contribution < -0.4 is 5.32 Å². The molecule has 1 fully saturated rings. The first-order valence-corrected chi connectivity index (χ1v) is 8.73. The van der Waals surface area contributed by atoms with E-state index in [4.69, 9.17) is 9.15 Å². The van der Waals surface area contributed by atoms with E-state index in [9.17, 15) is 13.5 Å². The third-order valence-corrected chi connectivity index (χ3v) is 4.17. The lowest BCUT2D eigenvalue weighted by atomic mass is 9.98. The summed E-state index contributed by atoms with van der Waals surface area (Å²) in [6.07, 6.45) is 1.43. The highest BCUT2D eigenvalue weighted by molar-refractivity contribution is 7.90. The Balaban J connectivity index is 1.80. The fraction of sp³-hybridized carbons (Fsp3) is 0.692. The van der Waals surface area contributed by atoms with Gasteiger partial charge in [-0.1, -0.05) is 0 Å². The third-order valence-electron chi connectivity index (χ3n) is 3.22. The molecule has 2 rings (SSSR count). The topological polar surface area (TPSA) is 88.8 Å². The minimum atomic E-state index is -2.93. The molecule has 1 saturated heterocycles. The molecule has 20 heavy (non-hydrogen) atoms. The molecule has 2 heterocycles. The Morgan fingerprint density at radius 1 is 1.40 bits per heavy atom. The summed E-state index contributed by atoms with van der Waals surface area (Å²) in [5.74, 6) is 1.77. The van der Waals surface area contributed by atoms with Gasteiger partial charge >= 0.3 is 0 Å². The summed E-state index contributed by atoms with van der Waals surface area (Å²) in [6.45, 7) is 1.84. The number of hydrogen-bond donors (Lipinski definition) is 2. The number of nitrogens with one attached hydrogen (secondary N) is 1. The first kappa shape index (κ1) is 15.5. The Hall–Kier alpha value is -0.890. The molecule has 0 aliphatic carbocycles. The van der Waals surface area contributed by atoms with Crippen molar-refractivity contribution < 1.29 is 22.7 Å². The van der Waals surface area contributed by atoms with Crippen LogP contribution in [0.2, 0.25) is 0 Å². The number of ether oxygens (including phenoxy) is 1. The number of aliphatic hydroxyl groups is 1. The minimum absolute atomic E-state index is 0.0866. The predicted octanol–water partition coefficient (Wildman–Crippen LogP) is 0.279. The standard InChI is InChI=1S/C13H21NO5S/c1-20(16,17)5-4-14-7-12-2-3-13(19-12)10-6-11(15)9-18-8-10/h2-3,10-11,14-15H,4-9H2,1H3. The van der Waals surface area contributed by atoms with E-state index in [0.29, 0.717) is 32.7 Å². The van der Waals surface area contributed by atoms with E-state index in [0.717, 1.165) is 11.5 Å². The van der Waals surface area contributed by atoms with Crippen LogP contribution in [0.4, 0.5) is 0 Å². The van der Waals surface area contributed by atoms with Crippen LogP contribution in [0.5, 0.6) is 0 Å². The van der Waals surface area contributed by atoms with Crippen LogP contribution >= 0.6 is 0 Å². The molecule has 7 heteroatoms. The lowest BCUT2D eigenvalue weighted by molar-refractivity contribution is -0.0210. The number of hydrogen-bond acceptors (Lipinski definition) is 6. The van der Waals surface area contributed by atoms with Crippen molar-refractivity contribution in [3.8, 4) is 0 Å². The Kier molecular flexibility index (Phi) is 5.20. The van der Waals surface area contributed by atoms with Crippen LogP contribution in [0.3, 0.4) is 0 Å². The van der Waals surface area contributed by atoms with Gasteiger partial charge < -0.3 is 19.6 Å². The van der Waals surface area contributed by atoms with Crippen LogP contribution in [-0.4, -0.2) is 51.4 Å². The van der Waals surface area contributed by atoms with Crippen molar-refractivity contribution in [3.63, 3.8) is 0 Å². The zero-order valence-electron chi connectivity index (χ0n) is 11.5. The lowest BCUT2D eigenvalue weighted by Gasteiger charge is -2.24. The number of furan rings is 1. The SMILES string of the molecule is CS(=O)(=O)CCNCc1ccc(C2COCC(O)C2)o1. The molecule has 0 bridgehead atoms. The highest BCUT2D eigenvalue weighted by Gasteiger charge is 2.24. The van der Waals surface area contributed by atoms with Gasteiger partial charge in [0.2, 0.25) is 0 Å². The molecule has 0 radical (unpaired) electrons. The van der Waals surface area contributed by atoms with Gasteiger partial charge in [0.25, 0.3) is 0 Å². The van der Waals surface area contributed by atoms with E-state index in [1.807, 2.05) is 12.1 Å². The first-order valence-electron chi connectivity index (χ1n) is 6.67. The van der Waals surface area contributed by atoms with Gasteiger partial charge in [-0.3, -0.25) is 0 Å². The normalized spacial score (nSPS) is 23.9. The Labute approximate surface area is 119 Å². The molecule has 1 aromatic rings. The van der Waals surface area contributed by atoms with Crippen LogP contribution in [0.1, 0.15) is 23.9 Å². The average Bonchev–Trinajstić information content (AvgIpc) is 2.82. The van der Waals surface area contributed by atoms with E-state index in [-0.39, 0.29) is 11.7 Å². The van der Waals surface area contributed by atoms with Gasteiger partial charge in [-0.15, -0.1) is 0 Å². The molecule has 2 unspecified atom stereocenters. The summed E-state index contributed by atoms with van der Waals surface area (Å²) in [7, 11) is -2.93. The van der Waals surface area contributed by atoms with Crippen LogP contribution in [0.25, 0.3) is 0 Å². The van der Waals surface area contributed by atoms with Crippen LogP contribution in [0, 0.1) is 0 Å². The van der Waals surface area contributed by atoms with Crippen molar-refractivity contribution in [2.75, 3.05) is 31.8 Å². The molecular weight excluding hydrogens is 282 g/mol. The summed E-state index contributed by atoms with van der Waals surface area (Å²) >= 11 is 0. The van der Waals surface area contributed by atoms with Crippen molar-refractivity contribution in [1.82, 2.24) is 5.32 Å². The molecular formula is C13H21NO5S. The molecule has 1 aromatic heterocycles. The quantitative estimate of drug-likeness (QED) is 0.734. The third kappa shape index (κ3) is 4.90. The molecule has 2 N–H and O–H groups in total. The van der Waals surface area contributed by atoms with Crippen molar-refractivity contribution in [1.29, 1.82) is 0 Å². The van der Waals surface area contributed by atoms with E-state index in [2.05, 4.69) is 5.32 Å². The molecule has 0 spiro atoms. The Bertz CT molecular complexity index is 525. The van der Waals surface area contributed by atoms with Gasteiger partial charge in [-0.25, -0.2) is 8.42 Å². The predicted molar refractivity (Wildman–Crippen MR) is 74.3 cm³/mol. The van der Waals surface area contributed by atoms with Gasteiger partial charge in [0.05, 0.1) is 31.6 Å². The van der Waals surface area contributed by atoms with Gasteiger partial charge in [-0.05, 0) is 18.6 Å². The molecule has 2 atom stereocenters. The maximum absolute atomic E-state index is 11.0. The van der Waals surface area contributed by atoms with Gasteiger partial charge in [0.1, 0.15) is 21.4 Å². The zero-order valence-corrected chi connectivity index (χ0v) is 12.4. The summed E-state index contributed by atoms with van der Waals surface area (Å²) in [6, 6.07) is 3.75. The van der Waals surface area contributed by atoms with Crippen LogP contribution in [0.15, 0.2) is 16.5 Å². The molecule has 114 valence electrons. The average molecular weight is 303 g/mol. The lowest BCUT2D eigenvalue weighted by Crippen LogP contribution is -2.27. The highest BCUT2D eigenvalue weighted by atomic mass is 32.2. The maximum Gasteiger partial charge on any atom is 0.148 e. The van der Waals surface area contributed by atoms with E-state index in [1.54, 1.807) is 0 Å². The van der Waals surface area contributed by atoms with Crippen molar-refractivity contribution in [2.24, 2.45) is 0 Å². The second kappa shape index (κ2) is 6.71. The Morgan fingerprint density at radius 2 is 2.20 bits per heavy atom. The van der Waals surface area contributed by atoms with Gasteiger partial charge in [0, 0.05) is 18.7 Å².